The molecular formula is C13H21N3OS. The Labute approximate surface area is 112 Å². The van der Waals surface area contributed by atoms with Gasteiger partial charge in [-0.1, -0.05) is 6.92 Å². The molecule has 1 aliphatic rings. The van der Waals surface area contributed by atoms with Crippen LogP contribution in [0.25, 0.3) is 0 Å². The molecule has 2 rings (SSSR count). The average molecular weight is 267 g/mol. The van der Waals surface area contributed by atoms with Gasteiger partial charge in [0.15, 0.2) is 0 Å². The van der Waals surface area contributed by atoms with Crippen molar-refractivity contribution in [2.75, 3.05) is 25.9 Å². The summed E-state index contributed by atoms with van der Waals surface area (Å²) in [6.07, 6.45) is 1.02. The van der Waals surface area contributed by atoms with E-state index in [2.05, 4.69) is 24.2 Å². The van der Waals surface area contributed by atoms with E-state index in [1.54, 1.807) is 6.07 Å². The number of carbonyl (C=O) groups excluding carboxylic acids is 1. The maximum absolute atomic E-state index is 12.1. The molecule has 0 spiro atoms. The molecule has 0 saturated carbocycles. The van der Waals surface area contributed by atoms with E-state index in [1.807, 2.05) is 6.92 Å². The zero-order valence-electron chi connectivity index (χ0n) is 11.2. The van der Waals surface area contributed by atoms with E-state index in [4.69, 9.17) is 5.73 Å². The van der Waals surface area contributed by atoms with Gasteiger partial charge in [0.05, 0.1) is 4.88 Å². The number of nitrogens with one attached hydrogen (secondary N) is 1. The molecule has 1 fully saturated rings. The van der Waals surface area contributed by atoms with E-state index in [0.29, 0.717) is 11.6 Å². The number of hydrogen-bond donors (Lipinski definition) is 2. The SMILES string of the molecule is Cc1sc(C(=O)NC2CCN(C)CC2C)cc1N. The van der Waals surface area contributed by atoms with Crippen molar-refractivity contribution in [3.63, 3.8) is 0 Å². The normalized spacial score (nSPS) is 25.1. The summed E-state index contributed by atoms with van der Waals surface area (Å²) in [6, 6.07) is 2.05. The second-order valence-corrected chi connectivity index (χ2v) is 6.49. The maximum Gasteiger partial charge on any atom is 0.261 e. The first-order valence-electron chi connectivity index (χ1n) is 6.32. The molecule has 2 atom stereocenters. The van der Waals surface area contributed by atoms with Crippen LogP contribution in [0.1, 0.15) is 27.9 Å². The Morgan fingerprint density at radius 3 is 2.89 bits per heavy atom. The van der Waals surface area contributed by atoms with Gasteiger partial charge < -0.3 is 16.0 Å². The Morgan fingerprint density at radius 2 is 2.33 bits per heavy atom. The number of carbonyl (C=O) groups is 1. The Bertz CT molecular complexity index is 424. The van der Waals surface area contributed by atoms with Gasteiger partial charge in [-0.15, -0.1) is 11.3 Å². The fourth-order valence-corrected chi connectivity index (χ4v) is 3.26. The Kier molecular flexibility index (Phi) is 3.92. The maximum atomic E-state index is 12.1. The highest BCUT2D eigenvalue weighted by atomic mass is 32.1. The number of rotatable bonds is 2. The van der Waals surface area contributed by atoms with Gasteiger partial charge in [-0.3, -0.25) is 4.79 Å². The number of likely N-dealkylation sites (tertiary alicyclic amines) is 1. The first kappa shape index (κ1) is 13.4. The zero-order valence-corrected chi connectivity index (χ0v) is 12.0. The second kappa shape index (κ2) is 5.28. The van der Waals surface area contributed by atoms with Crippen LogP contribution in [-0.4, -0.2) is 37.0 Å². The second-order valence-electron chi connectivity index (χ2n) is 5.23. The lowest BCUT2D eigenvalue weighted by Crippen LogP contribution is -2.48. The number of nitrogens with two attached hydrogens (primary N) is 1. The fourth-order valence-electron chi connectivity index (χ4n) is 2.42. The monoisotopic (exact) mass is 267 g/mol. The Morgan fingerprint density at radius 1 is 1.61 bits per heavy atom. The van der Waals surface area contributed by atoms with Crippen LogP contribution in [0, 0.1) is 12.8 Å². The van der Waals surface area contributed by atoms with Crippen LogP contribution in [0.3, 0.4) is 0 Å². The molecular weight excluding hydrogens is 246 g/mol. The van der Waals surface area contributed by atoms with Crippen molar-refractivity contribution >= 4 is 22.9 Å². The minimum Gasteiger partial charge on any atom is -0.398 e. The summed E-state index contributed by atoms with van der Waals surface area (Å²) in [6.45, 7) is 6.21. The van der Waals surface area contributed by atoms with Crippen LogP contribution in [0.5, 0.6) is 0 Å². The highest BCUT2D eigenvalue weighted by molar-refractivity contribution is 7.14. The summed E-state index contributed by atoms with van der Waals surface area (Å²) in [5, 5.41) is 3.14. The lowest BCUT2D eigenvalue weighted by molar-refractivity contribution is 0.0888. The van der Waals surface area contributed by atoms with Gasteiger partial charge in [-0.2, -0.15) is 0 Å². The molecule has 1 aromatic heterocycles. The molecule has 1 aromatic rings. The third kappa shape index (κ3) is 2.84. The third-order valence-electron chi connectivity index (χ3n) is 3.60. The summed E-state index contributed by atoms with van der Waals surface area (Å²) in [5.74, 6) is 0.507. The largest absolute Gasteiger partial charge is 0.398 e. The van der Waals surface area contributed by atoms with Crippen molar-refractivity contribution in [3.8, 4) is 0 Å². The summed E-state index contributed by atoms with van der Waals surface area (Å²) in [4.78, 5) is 16.2. The number of piperidine rings is 1. The van der Waals surface area contributed by atoms with Crippen molar-refractivity contribution in [2.45, 2.75) is 26.3 Å². The van der Waals surface area contributed by atoms with Crippen LogP contribution >= 0.6 is 11.3 Å². The van der Waals surface area contributed by atoms with Crippen molar-refractivity contribution < 1.29 is 4.79 Å². The van der Waals surface area contributed by atoms with E-state index in [9.17, 15) is 4.79 Å². The number of amides is 1. The number of anilines is 1. The predicted molar refractivity (Wildman–Crippen MR) is 76.0 cm³/mol. The van der Waals surface area contributed by atoms with Crippen LogP contribution in [0.4, 0.5) is 5.69 Å². The lowest BCUT2D eigenvalue weighted by atomic mass is 9.94. The zero-order chi connectivity index (χ0) is 13.3. The molecule has 18 heavy (non-hydrogen) atoms. The van der Waals surface area contributed by atoms with Gasteiger partial charge >= 0.3 is 0 Å². The fraction of sp³-hybridized carbons (Fsp3) is 0.615. The summed E-state index contributed by atoms with van der Waals surface area (Å²) < 4.78 is 0. The van der Waals surface area contributed by atoms with Gasteiger partial charge in [0.2, 0.25) is 0 Å². The number of hydrogen-bond acceptors (Lipinski definition) is 4. The lowest BCUT2D eigenvalue weighted by Gasteiger charge is -2.35. The molecule has 0 radical (unpaired) electrons. The minimum atomic E-state index is 0.0150. The summed E-state index contributed by atoms with van der Waals surface area (Å²) in [7, 11) is 2.12. The number of nitrogen functional groups attached to an aromatic ring is 1. The molecule has 1 aliphatic heterocycles. The van der Waals surface area contributed by atoms with E-state index >= 15 is 0 Å². The van der Waals surface area contributed by atoms with Gasteiger partial charge in [-0.05, 0) is 38.9 Å². The topological polar surface area (TPSA) is 58.4 Å². The quantitative estimate of drug-likeness (QED) is 0.857. The third-order valence-corrected chi connectivity index (χ3v) is 4.67. The van der Waals surface area contributed by atoms with Gasteiger partial charge in [0, 0.05) is 23.2 Å². The molecule has 2 unspecified atom stereocenters. The molecule has 0 aliphatic carbocycles. The van der Waals surface area contributed by atoms with Crippen LogP contribution < -0.4 is 11.1 Å². The van der Waals surface area contributed by atoms with Crippen molar-refractivity contribution in [1.29, 1.82) is 0 Å². The van der Waals surface area contributed by atoms with Crippen molar-refractivity contribution in [1.82, 2.24) is 10.2 Å². The molecule has 0 aromatic carbocycles. The molecule has 2 heterocycles. The van der Waals surface area contributed by atoms with Gasteiger partial charge in [0.1, 0.15) is 0 Å². The molecule has 3 N–H and O–H groups in total. The molecule has 4 nitrogen and oxygen atoms in total. The number of nitrogens with zero attached hydrogens (tertiary/aromatic N) is 1. The average Bonchev–Trinajstić information content (AvgIpc) is 2.63. The van der Waals surface area contributed by atoms with E-state index in [1.165, 1.54) is 11.3 Å². The van der Waals surface area contributed by atoms with Gasteiger partial charge in [0.25, 0.3) is 5.91 Å². The first-order chi connectivity index (χ1) is 8.47. The summed E-state index contributed by atoms with van der Waals surface area (Å²) in [5.41, 5.74) is 6.49. The van der Waals surface area contributed by atoms with E-state index in [0.717, 1.165) is 29.3 Å². The van der Waals surface area contributed by atoms with Crippen LogP contribution in [0.2, 0.25) is 0 Å². The van der Waals surface area contributed by atoms with Crippen LogP contribution in [0.15, 0.2) is 6.07 Å². The highest BCUT2D eigenvalue weighted by Gasteiger charge is 2.26. The molecule has 0 bridgehead atoms. The van der Waals surface area contributed by atoms with E-state index in [-0.39, 0.29) is 11.9 Å². The molecule has 1 amide bonds. The molecule has 1 saturated heterocycles. The standard InChI is InChI=1S/C13H21N3OS/c1-8-7-16(3)5-4-11(8)15-13(17)12-6-10(14)9(2)18-12/h6,8,11H,4-5,7,14H2,1-3H3,(H,15,17). The number of aryl methyl sites for hydroxylation is 1. The number of thiophene rings is 1. The van der Waals surface area contributed by atoms with Crippen molar-refractivity contribution in [3.05, 3.63) is 15.8 Å². The van der Waals surface area contributed by atoms with E-state index < -0.39 is 0 Å². The highest BCUT2D eigenvalue weighted by Crippen LogP contribution is 2.24. The van der Waals surface area contributed by atoms with Gasteiger partial charge in [-0.25, -0.2) is 0 Å². The Balaban J connectivity index is 1.99. The van der Waals surface area contributed by atoms with Crippen molar-refractivity contribution in [2.24, 2.45) is 5.92 Å². The van der Waals surface area contributed by atoms with Crippen LogP contribution in [-0.2, 0) is 0 Å². The molecule has 5 heteroatoms. The first-order valence-corrected chi connectivity index (χ1v) is 7.14. The predicted octanol–water partition coefficient (Wildman–Crippen LogP) is 1.71. The molecule has 100 valence electrons. The Hall–Kier alpha value is -1.07. The smallest absolute Gasteiger partial charge is 0.261 e. The summed E-state index contributed by atoms with van der Waals surface area (Å²) >= 11 is 1.47. The minimum absolute atomic E-state index is 0.0150.